The first-order chi connectivity index (χ1) is 7.83. The van der Waals surface area contributed by atoms with Gasteiger partial charge in [-0.2, -0.15) is 0 Å². The van der Waals surface area contributed by atoms with Crippen molar-refractivity contribution in [2.75, 3.05) is 38.7 Å². The number of ether oxygens (including phenoxy) is 1. The minimum atomic E-state index is 0.0146. The minimum Gasteiger partial charge on any atom is -0.387 e. The number of pyridine rings is 1. The molecule has 1 amide bonds. The molecule has 0 unspecified atom stereocenters. The van der Waals surface area contributed by atoms with Crippen molar-refractivity contribution in [2.45, 2.75) is 0 Å². The summed E-state index contributed by atoms with van der Waals surface area (Å²) in [5.74, 6) is 0.0146. The van der Waals surface area contributed by atoms with E-state index >= 15 is 0 Å². The summed E-state index contributed by atoms with van der Waals surface area (Å²) in [7, 11) is 1.80. The van der Waals surface area contributed by atoms with Crippen LogP contribution < -0.4 is 5.32 Å². The summed E-state index contributed by atoms with van der Waals surface area (Å²) in [4.78, 5) is 18.0. The second kappa shape index (κ2) is 4.94. The maximum atomic E-state index is 12.2. The average Bonchev–Trinajstić information content (AvgIpc) is 2.39. The number of aromatic nitrogens is 1. The standard InChI is InChI=1S/C11H15N3O2/c1-12-10-2-3-13-8-9(10)11(15)14-4-6-16-7-5-14/h2-3,8H,4-7H2,1H3,(H,12,13). The molecule has 0 radical (unpaired) electrons. The lowest BCUT2D eigenvalue weighted by Gasteiger charge is -2.27. The number of anilines is 1. The largest absolute Gasteiger partial charge is 0.387 e. The summed E-state index contributed by atoms with van der Waals surface area (Å²) in [5, 5.41) is 3.00. The van der Waals surface area contributed by atoms with Crippen LogP contribution in [0.5, 0.6) is 0 Å². The van der Waals surface area contributed by atoms with Gasteiger partial charge in [-0.1, -0.05) is 0 Å². The third-order valence-corrected chi connectivity index (χ3v) is 2.62. The van der Waals surface area contributed by atoms with Gasteiger partial charge in [-0.25, -0.2) is 0 Å². The van der Waals surface area contributed by atoms with E-state index in [9.17, 15) is 4.79 Å². The molecule has 1 aromatic heterocycles. The molecule has 0 aromatic carbocycles. The van der Waals surface area contributed by atoms with Crippen molar-refractivity contribution in [1.82, 2.24) is 9.88 Å². The second-order valence-electron chi connectivity index (χ2n) is 3.58. The van der Waals surface area contributed by atoms with Gasteiger partial charge in [0, 0.05) is 38.2 Å². The maximum Gasteiger partial charge on any atom is 0.257 e. The van der Waals surface area contributed by atoms with Gasteiger partial charge in [0.2, 0.25) is 0 Å². The molecule has 1 saturated heterocycles. The van der Waals surface area contributed by atoms with Crippen LogP contribution in [0, 0.1) is 0 Å². The number of amides is 1. The molecule has 1 aromatic rings. The van der Waals surface area contributed by atoms with Crippen LogP contribution in [0.2, 0.25) is 0 Å². The van der Waals surface area contributed by atoms with Crippen molar-refractivity contribution in [3.05, 3.63) is 24.0 Å². The van der Waals surface area contributed by atoms with E-state index in [0.29, 0.717) is 31.9 Å². The van der Waals surface area contributed by atoms with E-state index in [1.165, 1.54) is 0 Å². The first-order valence-electron chi connectivity index (χ1n) is 5.31. The molecule has 1 N–H and O–H groups in total. The molecule has 0 atom stereocenters. The molecule has 1 aliphatic heterocycles. The van der Waals surface area contributed by atoms with Crippen molar-refractivity contribution in [3.8, 4) is 0 Å². The van der Waals surface area contributed by atoms with Crippen molar-refractivity contribution in [3.63, 3.8) is 0 Å². The third kappa shape index (κ3) is 2.14. The SMILES string of the molecule is CNc1ccncc1C(=O)N1CCOCC1. The Morgan fingerprint density at radius 2 is 2.25 bits per heavy atom. The molecule has 1 aliphatic rings. The van der Waals surface area contributed by atoms with E-state index in [4.69, 9.17) is 4.74 Å². The number of nitrogens with zero attached hydrogens (tertiary/aromatic N) is 2. The van der Waals surface area contributed by atoms with Gasteiger partial charge in [-0.05, 0) is 6.07 Å². The molecule has 0 saturated carbocycles. The van der Waals surface area contributed by atoms with Crippen molar-refractivity contribution < 1.29 is 9.53 Å². The van der Waals surface area contributed by atoms with Gasteiger partial charge >= 0.3 is 0 Å². The van der Waals surface area contributed by atoms with E-state index in [1.54, 1.807) is 30.4 Å². The minimum absolute atomic E-state index is 0.0146. The molecule has 5 heteroatoms. The lowest BCUT2D eigenvalue weighted by atomic mass is 10.2. The Morgan fingerprint density at radius 1 is 1.50 bits per heavy atom. The topological polar surface area (TPSA) is 54.5 Å². The Hall–Kier alpha value is -1.62. The number of hydrogen-bond donors (Lipinski definition) is 1. The quantitative estimate of drug-likeness (QED) is 0.794. The summed E-state index contributed by atoms with van der Waals surface area (Å²) >= 11 is 0. The van der Waals surface area contributed by atoms with Gasteiger partial charge in [-0.15, -0.1) is 0 Å². The molecule has 0 spiro atoms. The molecule has 5 nitrogen and oxygen atoms in total. The van der Waals surface area contributed by atoms with E-state index in [0.717, 1.165) is 5.69 Å². The van der Waals surface area contributed by atoms with Crippen molar-refractivity contribution in [2.24, 2.45) is 0 Å². The first kappa shape index (κ1) is 10.9. The normalized spacial score (nSPS) is 15.9. The van der Waals surface area contributed by atoms with Crippen LogP contribution in [-0.2, 0) is 4.74 Å². The molecule has 86 valence electrons. The van der Waals surface area contributed by atoms with Crippen molar-refractivity contribution in [1.29, 1.82) is 0 Å². The predicted octanol–water partition coefficient (Wildman–Crippen LogP) is 0.596. The third-order valence-electron chi connectivity index (χ3n) is 2.62. The number of morpholine rings is 1. The number of hydrogen-bond acceptors (Lipinski definition) is 4. The maximum absolute atomic E-state index is 12.2. The zero-order chi connectivity index (χ0) is 11.4. The highest BCUT2D eigenvalue weighted by Crippen LogP contribution is 2.15. The number of carbonyl (C=O) groups is 1. The summed E-state index contributed by atoms with van der Waals surface area (Å²) in [5.41, 5.74) is 1.43. The highest BCUT2D eigenvalue weighted by Gasteiger charge is 2.20. The number of nitrogens with one attached hydrogen (secondary N) is 1. The monoisotopic (exact) mass is 221 g/mol. The molecule has 16 heavy (non-hydrogen) atoms. The molecule has 0 aliphatic carbocycles. The summed E-state index contributed by atoms with van der Waals surface area (Å²) < 4.78 is 5.22. The fourth-order valence-electron chi connectivity index (χ4n) is 1.72. The van der Waals surface area contributed by atoms with E-state index < -0.39 is 0 Å². The van der Waals surface area contributed by atoms with E-state index in [2.05, 4.69) is 10.3 Å². The number of rotatable bonds is 2. The molecular formula is C11H15N3O2. The average molecular weight is 221 g/mol. The van der Waals surface area contributed by atoms with Crippen molar-refractivity contribution >= 4 is 11.6 Å². The summed E-state index contributed by atoms with van der Waals surface area (Å²) in [6.07, 6.45) is 3.27. The van der Waals surface area contributed by atoms with E-state index in [1.807, 2.05) is 0 Å². The lowest BCUT2D eigenvalue weighted by Crippen LogP contribution is -2.40. The Labute approximate surface area is 94.4 Å². The zero-order valence-corrected chi connectivity index (χ0v) is 9.27. The van der Waals surface area contributed by atoms with Gasteiger partial charge < -0.3 is 15.0 Å². The smallest absolute Gasteiger partial charge is 0.257 e. The summed E-state index contributed by atoms with van der Waals surface area (Å²) in [6, 6.07) is 1.80. The molecule has 2 heterocycles. The zero-order valence-electron chi connectivity index (χ0n) is 9.27. The second-order valence-corrected chi connectivity index (χ2v) is 3.58. The van der Waals surface area contributed by atoms with Crippen LogP contribution in [0.3, 0.4) is 0 Å². The van der Waals surface area contributed by atoms with E-state index in [-0.39, 0.29) is 5.91 Å². The van der Waals surface area contributed by atoms with Crippen LogP contribution >= 0.6 is 0 Å². The van der Waals surface area contributed by atoms with Gasteiger partial charge in [0.25, 0.3) is 5.91 Å². The molecule has 1 fully saturated rings. The lowest BCUT2D eigenvalue weighted by molar-refractivity contribution is 0.0303. The Bertz CT molecular complexity index is 375. The van der Waals surface area contributed by atoms with Crippen LogP contribution in [0.15, 0.2) is 18.5 Å². The molecule has 0 bridgehead atoms. The number of carbonyl (C=O) groups excluding carboxylic acids is 1. The van der Waals surface area contributed by atoms with Crippen LogP contribution in [0.1, 0.15) is 10.4 Å². The first-order valence-corrected chi connectivity index (χ1v) is 5.31. The summed E-state index contributed by atoms with van der Waals surface area (Å²) in [6.45, 7) is 2.52. The highest BCUT2D eigenvalue weighted by molar-refractivity contribution is 5.99. The molecule has 2 rings (SSSR count). The molecular weight excluding hydrogens is 206 g/mol. The van der Waals surface area contributed by atoms with Gasteiger partial charge in [0.15, 0.2) is 0 Å². The van der Waals surface area contributed by atoms with Gasteiger partial charge in [0.1, 0.15) is 0 Å². The Balaban J connectivity index is 2.19. The van der Waals surface area contributed by atoms with Crippen LogP contribution in [0.25, 0.3) is 0 Å². The highest BCUT2D eigenvalue weighted by atomic mass is 16.5. The van der Waals surface area contributed by atoms with Crippen LogP contribution in [-0.4, -0.2) is 49.1 Å². The fraction of sp³-hybridized carbons (Fsp3) is 0.455. The fourth-order valence-corrected chi connectivity index (χ4v) is 1.72. The van der Waals surface area contributed by atoms with Crippen LogP contribution in [0.4, 0.5) is 5.69 Å². The van der Waals surface area contributed by atoms with Gasteiger partial charge in [-0.3, -0.25) is 9.78 Å². The predicted molar refractivity (Wildman–Crippen MR) is 60.5 cm³/mol. The Kier molecular flexibility index (Phi) is 3.36. The Morgan fingerprint density at radius 3 is 2.94 bits per heavy atom. The van der Waals surface area contributed by atoms with Gasteiger partial charge in [0.05, 0.1) is 18.8 Å².